The van der Waals surface area contributed by atoms with Crippen molar-refractivity contribution >= 4 is 0 Å². The van der Waals surface area contributed by atoms with Gasteiger partial charge in [0.05, 0.1) is 5.69 Å². The molecule has 0 saturated carbocycles. The van der Waals surface area contributed by atoms with Crippen LogP contribution in [0.4, 0.5) is 0 Å². The first-order chi connectivity index (χ1) is 6.77. The average molecular weight is 195 g/mol. The molecule has 1 atom stereocenters. The Morgan fingerprint density at radius 2 is 2.29 bits per heavy atom. The van der Waals surface area contributed by atoms with Gasteiger partial charge in [0, 0.05) is 12.2 Å². The van der Waals surface area contributed by atoms with Crippen molar-refractivity contribution in [2.45, 2.75) is 45.6 Å². The zero-order chi connectivity index (χ0) is 10.4. The predicted octanol–water partition coefficient (Wildman–Crippen LogP) is 2.14. The largest absolute Gasteiger partial charge is 0.330 e. The van der Waals surface area contributed by atoms with Crippen molar-refractivity contribution < 1.29 is 0 Å². The van der Waals surface area contributed by atoms with Gasteiger partial charge >= 0.3 is 0 Å². The summed E-state index contributed by atoms with van der Waals surface area (Å²) < 4.78 is 2.05. The molecule has 2 N–H and O–H groups in total. The fourth-order valence-electron chi connectivity index (χ4n) is 1.39. The second-order valence-electron chi connectivity index (χ2n) is 3.79. The fraction of sp³-hybridized carbons (Fsp3) is 0.727. The SMILES string of the molecule is CCC(C)n1ccc(CCCCN)n1. The minimum Gasteiger partial charge on any atom is -0.330 e. The summed E-state index contributed by atoms with van der Waals surface area (Å²) in [7, 11) is 0. The molecular weight excluding hydrogens is 174 g/mol. The molecular formula is C11H21N3. The highest BCUT2D eigenvalue weighted by atomic mass is 15.3. The Balaban J connectivity index is 2.42. The zero-order valence-corrected chi connectivity index (χ0v) is 9.24. The van der Waals surface area contributed by atoms with Crippen LogP contribution in [-0.4, -0.2) is 16.3 Å². The van der Waals surface area contributed by atoms with Crippen molar-refractivity contribution in [2.75, 3.05) is 6.54 Å². The first-order valence-electron chi connectivity index (χ1n) is 5.52. The normalized spacial score (nSPS) is 13.1. The Bertz CT molecular complexity index is 255. The van der Waals surface area contributed by atoms with Crippen molar-refractivity contribution in [3.05, 3.63) is 18.0 Å². The number of nitrogens with two attached hydrogens (primary N) is 1. The van der Waals surface area contributed by atoms with E-state index in [4.69, 9.17) is 5.73 Å². The molecule has 0 amide bonds. The van der Waals surface area contributed by atoms with Gasteiger partial charge in [-0.25, -0.2) is 0 Å². The Morgan fingerprint density at radius 1 is 1.50 bits per heavy atom. The summed E-state index contributed by atoms with van der Waals surface area (Å²) in [5.41, 5.74) is 6.64. The summed E-state index contributed by atoms with van der Waals surface area (Å²) in [6, 6.07) is 2.63. The molecule has 0 bridgehead atoms. The smallest absolute Gasteiger partial charge is 0.0624 e. The van der Waals surface area contributed by atoms with E-state index in [1.165, 1.54) is 5.69 Å². The zero-order valence-electron chi connectivity index (χ0n) is 9.24. The Kier molecular flexibility index (Phi) is 4.66. The lowest BCUT2D eigenvalue weighted by Gasteiger charge is -2.07. The molecule has 0 saturated heterocycles. The van der Waals surface area contributed by atoms with Crippen LogP contribution in [0, 0.1) is 0 Å². The number of nitrogens with zero attached hydrogens (tertiary/aromatic N) is 2. The minimum atomic E-state index is 0.512. The number of aryl methyl sites for hydroxylation is 1. The molecule has 0 aliphatic rings. The van der Waals surface area contributed by atoms with Crippen molar-refractivity contribution in [1.29, 1.82) is 0 Å². The number of rotatable bonds is 6. The van der Waals surface area contributed by atoms with Crippen molar-refractivity contribution in [1.82, 2.24) is 9.78 Å². The summed E-state index contributed by atoms with van der Waals surface area (Å²) >= 11 is 0. The van der Waals surface area contributed by atoms with Crippen molar-refractivity contribution in [2.24, 2.45) is 5.73 Å². The number of hydrogen-bond donors (Lipinski definition) is 1. The van der Waals surface area contributed by atoms with Crippen LogP contribution in [0.25, 0.3) is 0 Å². The van der Waals surface area contributed by atoms with E-state index in [2.05, 4.69) is 35.9 Å². The van der Waals surface area contributed by atoms with Crippen LogP contribution in [0.5, 0.6) is 0 Å². The molecule has 1 aromatic heterocycles. The topological polar surface area (TPSA) is 43.8 Å². The maximum atomic E-state index is 5.44. The maximum Gasteiger partial charge on any atom is 0.0624 e. The van der Waals surface area contributed by atoms with Gasteiger partial charge in [-0.2, -0.15) is 5.10 Å². The van der Waals surface area contributed by atoms with Gasteiger partial charge in [0.25, 0.3) is 0 Å². The van der Waals surface area contributed by atoms with Crippen LogP contribution in [0.2, 0.25) is 0 Å². The molecule has 1 unspecified atom stereocenters. The van der Waals surface area contributed by atoms with Gasteiger partial charge in [-0.05, 0) is 45.2 Å². The van der Waals surface area contributed by atoms with Crippen molar-refractivity contribution in [3.63, 3.8) is 0 Å². The monoisotopic (exact) mass is 195 g/mol. The van der Waals surface area contributed by atoms with Gasteiger partial charge in [0.2, 0.25) is 0 Å². The lowest BCUT2D eigenvalue weighted by Crippen LogP contribution is -2.05. The van der Waals surface area contributed by atoms with E-state index in [1.54, 1.807) is 0 Å². The lowest BCUT2D eigenvalue weighted by molar-refractivity contribution is 0.473. The Morgan fingerprint density at radius 3 is 2.93 bits per heavy atom. The lowest BCUT2D eigenvalue weighted by atomic mass is 10.2. The van der Waals surface area contributed by atoms with Crippen molar-refractivity contribution in [3.8, 4) is 0 Å². The average Bonchev–Trinajstić information content (AvgIpc) is 2.66. The van der Waals surface area contributed by atoms with Crippen LogP contribution < -0.4 is 5.73 Å². The highest BCUT2D eigenvalue weighted by Gasteiger charge is 2.03. The first-order valence-corrected chi connectivity index (χ1v) is 5.52. The van der Waals surface area contributed by atoms with Gasteiger partial charge in [-0.3, -0.25) is 4.68 Å². The summed E-state index contributed by atoms with van der Waals surface area (Å²) in [6.45, 7) is 5.16. The van der Waals surface area contributed by atoms with Crippen LogP contribution in [-0.2, 0) is 6.42 Å². The second kappa shape index (κ2) is 5.81. The highest BCUT2D eigenvalue weighted by Crippen LogP contribution is 2.10. The molecule has 0 aromatic carbocycles. The molecule has 1 aromatic rings. The Hall–Kier alpha value is -0.830. The van der Waals surface area contributed by atoms with Crippen LogP contribution in [0.15, 0.2) is 12.3 Å². The van der Waals surface area contributed by atoms with Crippen LogP contribution in [0.3, 0.4) is 0 Å². The predicted molar refractivity (Wildman–Crippen MR) is 59.2 cm³/mol. The van der Waals surface area contributed by atoms with Gasteiger partial charge in [-0.1, -0.05) is 6.92 Å². The first kappa shape index (κ1) is 11.2. The molecule has 0 aliphatic heterocycles. The van der Waals surface area contributed by atoms with E-state index < -0.39 is 0 Å². The standard InChI is InChI=1S/C11H21N3/c1-3-10(2)14-9-7-11(13-14)6-4-5-8-12/h7,9-10H,3-6,8,12H2,1-2H3. The molecule has 1 heterocycles. The van der Waals surface area contributed by atoms with E-state index in [0.717, 1.165) is 32.2 Å². The van der Waals surface area contributed by atoms with Crippen LogP contribution >= 0.6 is 0 Å². The van der Waals surface area contributed by atoms with E-state index in [0.29, 0.717) is 6.04 Å². The molecule has 0 fully saturated rings. The molecule has 14 heavy (non-hydrogen) atoms. The van der Waals surface area contributed by atoms with E-state index in [9.17, 15) is 0 Å². The van der Waals surface area contributed by atoms with E-state index in [1.807, 2.05) is 0 Å². The quantitative estimate of drug-likeness (QED) is 0.707. The third kappa shape index (κ3) is 3.14. The van der Waals surface area contributed by atoms with Gasteiger partial charge in [0.1, 0.15) is 0 Å². The minimum absolute atomic E-state index is 0.512. The number of hydrogen-bond acceptors (Lipinski definition) is 2. The van der Waals surface area contributed by atoms with Gasteiger partial charge in [0.15, 0.2) is 0 Å². The third-order valence-corrected chi connectivity index (χ3v) is 2.59. The summed E-state index contributed by atoms with van der Waals surface area (Å²) in [5, 5.41) is 4.53. The Labute approximate surface area is 86.3 Å². The molecule has 80 valence electrons. The molecule has 3 heteroatoms. The maximum absolute atomic E-state index is 5.44. The summed E-state index contributed by atoms with van der Waals surface area (Å²) in [6.07, 6.45) is 6.50. The molecule has 3 nitrogen and oxygen atoms in total. The van der Waals surface area contributed by atoms with Gasteiger partial charge in [-0.15, -0.1) is 0 Å². The molecule has 0 aliphatic carbocycles. The van der Waals surface area contributed by atoms with Gasteiger partial charge < -0.3 is 5.73 Å². The third-order valence-electron chi connectivity index (χ3n) is 2.59. The molecule has 1 rings (SSSR count). The number of aromatic nitrogens is 2. The molecule has 0 spiro atoms. The van der Waals surface area contributed by atoms with Crippen LogP contribution in [0.1, 0.15) is 44.8 Å². The number of unbranched alkanes of at least 4 members (excludes halogenated alkanes) is 1. The highest BCUT2D eigenvalue weighted by molar-refractivity contribution is 4.99. The van der Waals surface area contributed by atoms with E-state index >= 15 is 0 Å². The second-order valence-corrected chi connectivity index (χ2v) is 3.79. The van der Waals surface area contributed by atoms with E-state index in [-0.39, 0.29) is 0 Å². The fourth-order valence-corrected chi connectivity index (χ4v) is 1.39. The molecule has 0 radical (unpaired) electrons. The summed E-state index contributed by atoms with van der Waals surface area (Å²) in [5.74, 6) is 0. The summed E-state index contributed by atoms with van der Waals surface area (Å²) in [4.78, 5) is 0.